The number of carbonyl (C=O) groups excluding carboxylic acids is 4. The number of rotatable bonds is 4. The highest BCUT2D eigenvalue weighted by Crippen LogP contribution is 2.30. The summed E-state index contributed by atoms with van der Waals surface area (Å²) in [6.45, 7) is 17.8. The van der Waals surface area contributed by atoms with Crippen LogP contribution in [-0.2, 0) is 41.3 Å². The zero-order valence-electron chi connectivity index (χ0n) is 36.5. The predicted molar refractivity (Wildman–Crippen MR) is 229 cm³/mol. The zero-order valence-corrected chi connectivity index (χ0v) is 36.5. The number of fused-ring (bicyclic) bond motifs is 4. The Morgan fingerprint density at radius 3 is 1.43 bits per heavy atom. The molecule has 10 atom stereocenters. The number of carbonyl (C=O) groups is 4. The minimum Gasteiger partial charge on any atom is -0.458 e. The van der Waals surface area contributed by atoms with E-state index in [2.05, 4.69) is 26.0 Å². The Balaban J connectivity index is 0.000000228. The van der Waals surface area contributed by atoms with E-state index in [9.17, 15) is 24.3 Å². The summed E-state index contributed by atoms with van der Waals surface area (Å²) in [5.74, 6) is -0.791. The summed E-state index contributed by atoms with van der Waals surface area (Å²) < 4.78 is 32.8. The van der Waals surface area contributed by atoms with Crippen molar-refractivity contribution >= 4 is 36.4 Å². The Hall–Kier alpha value is -5.16. The van der Waals surface area contributed by atoms with Gasteiger partial charge in [-0.2, -0.15) is 0 Å². The quantitative estimate of drug-likeness (QED) is 0.179. The molecule has 11 nitrogen and oxygen atoms in total. The van der Waals surface area contributed by atoms with Crippen molar-refractivity contribution in [2.75, 3.05) is 0 Å². The fraction of sp³-hybridized carbons (Fsp3) is 0.510. The SMILES string of the molecule is CCCc1cc(C)c2c(c1)/C=C/C[C@@H]1OC(=O)O[C@@H]1[C@H](C)/C=C\[C@@H](C)[C@H](C)OC2=O.CCCc1cc(C)c2c(c1)/C=C/C[C@@H]1OC(=O)O[C@@H]1[C@H](O)/C=C\[C@@H](C)[C@H](C)OC2=O. The van der Waals surface area contributed by atoms with Gasteiger partial charge in [-0.15, -0.1) is 0 Å². The van der Waals surface area contributed by atoms with Crippen LogP contribution in [0, 0.1) is 31.6 Å². The van der Waals surface area contributed by atoms with E-state index >= 15 is 0 Å². The Morgan fingerprint density at radius 1 is 0.550 bits per heavy atom. The molecule has 2 saturated heterocycles. The number of cyclic esters (lactones) is 2. The molecule has 2 aromatic rings. The summed E-state index contributed by atoms with van der Waals surface area (Å²) in [7, 11) is 0. The van der Waals surface area contributed by atoms with Gasteiger partial charge in [0.1, 0.15) is 36.6 Å². The molecule has 4 heterocycles. The molecule has 0 aromatic heterocycles. The van der Waals surface area contributed by atoms with E-state index in [1.165, 1.54) is 5.56 Å². The van der Waals surface area contributed by atoms with Gasteiger partial charge >= 0.3 is 24.2 Å². The average molecular weight is 827 g/mol. The van der Waals surface area contributed by atoms with Crippen LogP contribution in [0.5, 0.6) is 0 Å². The van der Waals surface area contributed by atoms with Crippen LogP contribution in [0.25, 0.3) is 12.2 Å². The van der Waals surface area contributed by atoms with Crippen LogP contribution >= 0.6 is 0 Å². The van der Waals surface area contributed by atoms with Gasteiger partial charge < -0.3 is 33.5 Å². The molecular weight excluding hydrogens is 765 g/mol. The van der Waals surface area contributed by atoms with E-state index in [4.69, 9.17) is 28.4 Å². The van der Waals surface area contributed by atoms with Gasteiger partial charge in [0.05, 0.1) is 11.1 Å². The van der Waals surface area contributed by atoms with Gasteiger partial charge in [0, 0.05) is 30.6 Å². The van der Waals surface area contributed by atoms with Crippen molar-refractivity contribution in [3.8, 4) is 0 Å². The highest BCUT2D eigenvalue weighted by Gasteiger charge is 2.41. The van der Waals surface area contributed by atoms with E-state index in [0.29, 0.717) is 24.0 Å². The molecule has 0 bridgehead atoms. The highest BCUT2D eigenvalue weighted by molar-refractivity contribution is 5.96. The summed E-state index contributed by atoms with van der Waals surface area (Å²) in [5, 5.41) is 10.5. The third-order valence-corrected chi connectivity index (χ3v) is 11.6. The monoisotopic (exact) mass is 826 g/mol. The standard InChI is InChI=1S/C25H32O5.C24H30O6/c1-6-8-19-13-17(4)22-20(14-19)9-7-10-21-23(30-25(27)29-21)16(3)12-11-15(2)18(5)28-24(22)26;1-5-7-17-12-15(3)21-18(13-17)8-6-9-20-22(30-24(27)29-20)19(25)11-10-14(2)16(4)28-23(21)26/h7,9,11-16,18,21,23H,6,8,10H2,1-5H3;6,8,10-14,16,19-20,22,25H,5,7,9H2,1-4H3/b9-7+,12-11-;8-6+,11-10-/t15-,16-,18+,21+,23-;14-,16+,19-,20+,22-/m11/s1. The summed E-state index contributed by atoms with van der Waals surface area (Å²) in [6.07, 6.45) is 14.6. The van der Waals surface area contributed by atoms with Gasteiger partial charge in [-0.25, -0.2) is 19.2 Å². The van der Waals surface area contributed by atoms with Crippen LogP contribution in [0.1, 0.15) is 128 Å². The molecular formula is C49H62O11. The Kier molecular flexibility index (Phi) is 16.0. The lowest BCUT2D eigenvalue weighted by atomic mass is 9.93. The van der Waals surface area contributed by atoms with E-state index in [0.717, 1.165) is 53.5 Å². The lowest BCUT2D eigenvalue weighted by Gasteiger charge is -2.22. The first kappa shape index (κ1) is 45.9. The molecule has 0 saturated carbocycles. The van der Waals surface area contributed by atoms with Crippen molar-refractivity contribution in [2.45, 2.75) is 144 Å². The van der Waals surface area contributed by atoms with E-state index in [1.807, 2.05) is 97.1 Å². The molecule has 1 N–H and O–H groups in total. The molecule has 60 heavy (non-hydrogen) atoms. The number of benzene rings is 2. The minimum absolute atomic E-state index is 0.00571. The molecule has 0 aliphatic carbocycles. The molecule has 4 aliphatic heterocycles. The molecule has 0 radical (unpaired) electrons. The minimum atomic E-state index is -1.01. The second kappa shape index (κ2) is 20.9. The lowest BCUT2D eigenvalue weighted by molar-refractivity contribution is 0.0250. The smallest absolute Gasteiger partial charge is 0.458 e. The average Bonchev–Trinajstić information content (AvgIpc) is 3.76. The van der Waals surface area contributed by atoms with Crippen molar-refractivity contribution in [2.24, 2.45) is 17.8 Å². The third kappa shape index (κ3) is 11.6. The molecule has 0 amide bonds. The van der Waals surface area contributed by atoms with Crippen LogP contribution in [0.4, 0.5) is 9.59 Å². The van der Waals surface area contributed by atoms with Crippen molar-refractivity contribution in [3.63, 3.8) is 0 Å². The van der Waals surface area contributed by atoms with Gasteiger partial charge in [0.25, 0.3) is 0 Å². The first-order chi connectivity index (χ1) is 28.6. The van der Waals surface area contributed by atoms with Crippen LogP contribution in [0.15, 0.2) is 60.7 Å². The van der Waals surface area contributed by atoms with Crippen molar-refractivity contribution in [1.82, 2.24) is 0 Å². The predicted octanol–water partition coefficient (Wildman–Crippen LogP) is 10.0. The highest BCUT2D eigenvalue weighted by atomic mass is 16.8. The second-order valence-electron chi connectivity index (χ2n) is 16.6. The molecule has 2 fully saturated rings. The fourth-order valence-corrected chi connectivity index (χ4v) is 7.88. The first-order valence-electron chi connectivity index (χ1n) is 21.4. The lowest BCUT2D eigenvalue weighted by Crippen LogP contribution is -2.34. The van der Waals surface area contributed by atoms with Gasteiger partial charge in [0.15, 0.2) is 6.10 Å². The van der Waals surface area contributed by atoms with E-state index in [-0.39, 0.29) is 48.0 Å². The van der Waals surface area contributed by atoms with Crippen LogP contribution in [-0.4, -0.2) is 72.1 Å². The van der Waals surface area contributed by atoms with Crippen molar-refractivity contribution < 1.29 is 52.7 Å². The zero-order chi connectivity index (χ0) is 43.7. The van der Waals surface area contributed by atoms with Crippen molar-refractivity contribution in [1.29, 1.82) is 0 Å². The maximum absolute atomic E-state index is 13.0. The summed E-state index contributed by atoms with van der Waals surface area (Å²) >= 11 is 0. The molecule has 0 spiro atoms. The summed E-state index contributed by atoms with van der Waals surface area (Å²) in [4.78, 5) is 49.4. The molecule has 0 unspecified atom stereocenters. The third-order valence-electron chi connectivity index (χ3n) is 11.6. The number of aliphatic hydroxyl groups excluding tert-OH is 1. The van der Waals surface area contributed by atoms with Gasteiger partial charge in [-0.05, 0) is 73.9 Å². The van der Waals surface area contributed by atoms with Crippen LogP contribution in [0.3, 0.4) is 0 Å². The molecule has 11 heteroatoms. The number of hydrogen-bond acceptors (Lipinski definition) is 11. The van der Waals surface area contributed by atoms with E-state index in [1.54, 1.807) is 12.2 Å². The second-order valence-corrected chi connectivity index (χ2v) is 16.6. The Bertz CT molecular complexity index is 1850. The number of aryl methyl sites for hydroxylation is 4. The van der Waals surface area contributed by atoms with Gasteiger partial charge in [0.2, 0.25) is 0 Å². The van der Waals surface area contributed by atoms with E-state index < -0.39 is 36.7 Å². The normalized spacial score (nSPS) is 31.4. The van der Waals surface area contributed by atoms with Crippen LogP contribution in [0.2, 0.25) is 0 Å². The topological polar surface area (TPSA) is 144 Å². The molecule has 2 aromatic carbocycles. The maximum atomic E-state index is 13.0. The maximum Gasteiger partial charge on any atom is 0.509 e. The van der Waals surface area contributed by atoms with Gasteiger partial charge in [-0.1, -0.05) is 120 Å². The number of hydrogen-bond donors (Lipinski definition) is 1. The Labute approximate surface area is 354 Å². The summed E-state index contributed by atoms with van der Waals surface area (Å²) in [6, 6.07) is 8.17. The number of ether oxygens (including phenoxy) is 6. The molecule has 6 rings (SSSR count). The summed E-state index contributed by atoms with van der Waals surface area (Å²) in [5.41, 5.74) is 6.88. The fourth-order valence-electron chi connectivity index (χ4n) is 7.88. The molecule has 4 aliphatic rings. The molecule has 324 valence electrons. The number of esters is 2. The first-order valence-corrected chi connectivity index (χ1v) is 21.4. The number of aliphatic hydroxyl groups is 1. The van der Waals surface area contributed by atoms with Crippen molar-refractivity contribution in [3.05, 3.63) is 105 Å². The van der Waals surface area contributed by atoms with Crippen LogP contribution < -0.4 is 0 Å². The largest absolute Gasteiger partial charge is 0.509 e. The van der Waals surface area contributed by atoms with Gasteiger partial charge in [-0.3, -0.25) is 0 Å². The Morgan fingerprint density at radius 2 is 0.967 bits per heavy atom.